The van der Waals surface area contributed by atoms with Gasteiger partial charge in [-0.2, -0.15) is 0 Å². The topological polar surface area (TPSA) is 59.1 Å². The van der Waals surface area contributed by atoms with Crippen molar-refractivity contribution in [1.82, 2.24) is 10.3 Å². The smallest absolute Gasteiger partial charge is 0.234 e. The van der Waals surface area contributed by atoms with Crippen molar-refractivity contribution in [2.75, 3.05) is 0 Å². The fraction of sp³-hybridized carbons (Fsp3) is 0.188. The van der Waals surface area contributed by atoms with Gasteiger partial charge in [-0.1, -0.05) is 40.2 Å². The summed E-state index contributed by atoms with van der Waals surface area (Å²) >= 11 is 3.49. The number of imide groups is 1. The van der Waals surface area contributed by atoms with Crippen molar-refractivity contribution in [3.05, 3.63) is 64.4 Å². The van der Waals surface area contributed by atoms with E-state index in [1.165, 1.54) is 0 Å². The number of benzene rings is 1. The Labute approximate surface area is 130 Å². The Kier molecular flexibility index (Phi) is 3.84. The monoisotopic (exact) mass is 344 g/mol. The molecule has 5 heteroatoms. The molecule has 0 aliphatic carbocycles. The normalized spacial score (nSPS) is 22.0. The van der Waals surface area contributed by atoms with E-state index in [4.69, 9.17) is 0 Å². The van der Waals surface area contributed by atoms with Crippen LogP contribution in [-0.2, 0) is 9.59 Å². The molecular weight excluding hydrogens is 332 g/mol. The zero-order valence-corrected chi connectivity index (χ0v) is 12.7. The molecule has 2 atom stereocenters. The molecule has 0 spiro atoms. The molecule has 1 aromatic heterocycles. The van der Waals surface area contributed by atoms with Gasteiger partial charge >= 0.3 is 0 Å². The van der Waals surface area contributed by atoms with E-state index in [0.717, 1.165) is 15.6 Å². The van der Waals surface area contributed by atoms with Crippen molar-refractivity contribution in [3.8, 4) is 0 Å². The largest absolute Gasteiger partial charge is 0.296 e. The first-order valence-electron chi connectivity index (χ1n) is 6.65. The van der Waals surface area contributed by atoms with Crippen LogP contribution in [0.1, 0.15) is 29.4 Å². The van der Waals surface area contributed by atoms with Crippen LogP contribution >= 0.6 is 15.9 Å². The molecule has 0 bridgehead atoms. The maximum atomic E-state index is 12.4. The maximum Gasteiger partial charge on any atom is 0.234 e. The third kappa shape index (κ3) is 2.74. The zero-order valence-electron chi connectivity index (χ0n) is 11.1. The van der Waals surface area contributed by atoms with Crippen molar-refractivity contribution >= 4 is 27.7 Å². The van der Waals surface area contributed by atoms with E-state index in [-0.39, 0.29) is 24.2 Å². The summed E-state index contributed by atoms with van der Waals surface area (Å²) in [6, 6.07) is 11.3. The first-order chi connectivity index (χ1) is 10.2. The summed E-state index contributed by atoms with van der Waals surface area (Å²) in [7, 11) is 0. The minimum atomic E-state index is -0.400. The van der Waals surface area contributed by atoms with Crippen LogP contribution in [0, 0.1) is 0 Å². The van der Waals surface area contributed by atoms with Crippen LogP contribution in [0.15, 0.2) is 53.3 Å². The molecular formula is C16H13BrN2O2. The van der Waals surface area contributed by atoms with Crippen molar-refractivity contribution in [2.45, 2.75) is 18.3 Å². The molecule has 1 N–H and O–H groups in total. The van der Waals surface area contributed by atoms with Crippen molar-refractivity contribution in [3.63, 3.8) is 0 Å². The molecule has 1 fully saturated rings. The lowest BCUT2D eigenvalue weighted by Crippen LogP contribution is -2.43. The Hall–Kier alpha value is -2.01. The second kappa shape index (κ2) is 5.77. The summed E-state index contributed by atoms with van der Waals surface area (Å²) in [5, 5.41) is 2.44. The number of carbonyl (C=O) groups is 2. The summed E-state index contributed by atoms with van der Waals surface area (Å²) in [6.45, 7) is 0. The minimum absolute atomic E-state index is 0.196. The van der Waals surface area contributed by atoms with Gasteiger partial charge in [-0.15, -0.1) is 0 Å². The van der Waals surface area contributed by atoms with Gasteiger partial charge in [-0.3, -0.25) is 19.9 Å². The number of hydrogen-bond donors (Lipinski definition) is 1. The van der Waals surface area contributed by atoms with E-state index >= 15 is 0 Å². The van der Waals surface area contributed by atoms with E-state index in [0.29, 0.717) is 0 Å². The Balaban J connectivity index is 2.08. The van der Waals surface area contributed by atoms with Crippen LogP contribution in [0.25, 0.3) is 0 Å². The molecule has 106 valence electrons. The first kappa shape index (κ1) is 13.9. The number of nitrogens with one attached hydrogen (secondary N) is 1. The number of nitrogens with zero attached hydrogens (tertiary/aromatic N) is 1. The van der Waals surface area contributed by atoms with Gasteiger partial charge in [-0.05, 0) is 23.3 Å². The molecule has 1 aliphatic heterocycles. The second-order valence-electron chi connectivity index (χ2n) is 5.01. The Morgan fingerprint density at radius 2 is 1.95 bits per heavy atom. The summed E-state index contributed by atoms with van der Waals surface area (Å²) in [4.78, 5) is 28.2. The average molecular weight is 345 g/mol. The molecule has 2 amide bonds. The lowest BCUT2D eigenvalue weighted by molar-refractivity contribution is -0.135. The highest BCUT2D eigenvalue weighted by molar-refractivity contribution is 9.10. The third-order valence-electron chi connectivity index (χ3n) is 3.71. The average Bonchev–Trinajstić information content (AvgIpc) is 2.49. The van der Waals surface area contributed by atoms with Crippen molar-refractivity contribution in [2.24, 2.45) is 0 Å². The molecule has 0 saturated carbocycles. The van der Waals surface area contributed by atoms with Crippen molar-refractivity contribution in [1.29, 1.82) is 0 Å². The van der Waals surface area contributed by atoms with Gasteiger partial charge in [0, 0.05) is 29.2 Å². The first-order valence-corrected chi connectivity index (χ1v) is 7.44. The van der Waals surface area contributed by atoms with Crippen LogP contribution in [0.5, 0.6) is 0 Å². The number of halogens is 1. The molecule has 2 heterocycles. The van der Waals surface area contributed by atoms with E-state index in [9.17, 15) is 9.59 Å². The van der Waals surface area contributed by atoms with Gasteiger partial charge < -0.3 is 0 Å². The van der Waals surface area contributed by atoms with Crippen molar-refractivity contribution < 1.29 is 9.59 Å². The van der Waals surface area contributed by atoms with Crippen LogP contribution in [0.3, 0.4) is 0 Å². The highest BCUT2D eigenvalue weighted by atomic mass is 79.9. The van der Waals surface area contributed by atoms with E-state index in [2.05, 4.69) is 26.2 Å². The Bertz CT molecular complexity index is 688. The van der Waals surface area contributed by atoms with Crippen LogP contribution in [-0.4, -0.2) is 16.8 Å². The lowest BCUT2D eigenvalue weighted by atomic mass is 9.77. The third-order valence-corrected chi connectivity index (χ3v) is 4.43. The lowest BCUT2D eigenvalue weighted by Gasteiger charge is -2.31. The number of rotatable bonds is 2. The Morgan fingerprint density at radius 3 is 2.67 bits per heavy atom. The quantitative estimate of drug-likeness (QED) is 0.852. The molecule has 2 unspecified atom stereocenters. The Morgan fingerprint density at radius 1 is 1.14 bits per heavy atom. The summed E-state index contributed by atoms with van der Waals surface area (Å²) in [5.74, 6) is -1.09. The highest BCUT2D eigenvalue weighted by Gasteiger charge is 2.38. The standard InChI is InChI=1S/C16H13BrN2O2/c17-13-6-2-1-5-11(13)15-12(8-14(20)19-16(15)21)10-4-3-7-18-9-10/h1-7,9,12,15H,8H2,(H,19,20,21). The minimum Gasteiger partial charge on any atom is -0.296 e. The molecule has 0 radical (unpaired) electrons. The van der Waals surface area contributed by atoms with Crippen LogP contribution in [0.2, 0.25) is 0 Å². The van der Waals surface area contributed by atoms with Crippen LogP contribution < -0.4 is 5.32 Å². The number of piperidine rings is 1. The van der Waals surface area contributed by atoms with Gasteiger partial charge in [-0.25, -0.2) is 0 Å². The fourth-order valence-electron chi connectivity index (χ4n) is 2.76. The predicted molar refractivity (Wildman–Crippen MR) is 81.6 cm³/mol. The highest BCUT2D eigenvalue weighted by Crippen LogP contribution is 2.40. The zero-order chi connectivity index (χ0) is 14.8. The van der Waals surface area contributed by atoms with Crippen LogP contribution in [0.4, 0.5) is 0 Å². The van der Waals surface area contributed by atoms with E-state index < -0.39 is 5.92 Å². The molecule has 1 aliphatic rings. The number of hydrogen-bond acceptors (Lipinski definition) is 3. The predicted octanol–water partition coefficient (Wildman–Crippen LogP) is 2.76. The van der Waals surface area contributed by atoms with Gasteiger partial charge in [0.1, 0.15) is 0 Å². The second-order valence-corrected chi connectivity index (χ2v) is 5.86. The SMILES string of the molecule is O=C1CC(c2cccnc2)C(c2ccccc2Br)C(=O)N1. The van der Waals surface area contributed by atoms with Gasteiger partial charge in [0.05, 0.1) is 5.92 Å². The summed E-state index contributed by atoms with van der Waals surface area (Å²) in [6.07, 6.45) is 3.69. The number of amides is 2. The van der Waals surface area contributed by atoms with Gasteiger partial charge in [0.15, 0.2) is 0 Å². The maximum absolute atomic E-state index is 12.4. The molecule has 4 nitrogen and oxygen atoms in total. The van der Waals surface area contributed by atoms with E-state index in [1.807, 2.05) is 36.4 Å². The van der Waals surface area contributed by atoms with E-state index in [1.54, 1.807) is 12.4 Å². The molecule has 3 rings (SSSR count). The number of aromatic nitrogens is 1. The van der Waals surface area contributed by atoms with Gasteiger partial charge in [0.25, 0.3) is 0 Å². The fourth-order valence-corrected chi connectivity index (χ4v) is 3.29. The molecule has 1 saturated heterocycles. The number of pyridine rings is 1. The number of carbonyl (C=O) groups excluding carboxylic acids is 2. The molecule has 1 aromatic carbocycles. The van der Waals surface area contributed by atoms with Gasteiger partial charge in [0.2, 0.25) is 11.8 Å². The molecule has 2 aromatic rings. The summed E-state index contributed by atoms with van der Waals surface area (Å²) in [5.41, 5.74) is 1.79. The summed E-state index contributed by atoms with van der Waals surface area (Å²) < 4.78 is 0.869. The molecule has 21 heavy (non-hydrogen) atoms.